The normalized spacial score (nSPS) is 10.3. The third-order valence-electron chi connectivity index (χ3n) is 2.60. The van der Waals surface area contributed by atoms with Crippen molar-refractivity contribution in [3.8, 4) is 0 Å². The number of anilines is 1. The highest BCUT2D eigenvalue weighted by atomic mass is 32.1. The third kappa shape index (κ3) is 3.77. The second-order valence-corrected chi connectivity index (χ2v) is 5.12. The molecule has 2 heterocycles. The number of nitrogens with zero attached hydrogens (tertiary/aromatic N) is 2. The van der Waals surface area contributed by atoms with E-state index in [0.717, 1.165) is 17.1 Å². The van der Waals surface area contributed by atoms with Gasteiger partial charge in [0.05, 0.1) is 11.6 Å². The van der Waals surface area contributed by atoms with E-state index < -0.39 is 0 Å². The molecule has 2 aromatic heterocycles. The van der Waals surface area contributed by atoms with Crippen molar-refractivity contribution in [2.75, 3.05) is 18.5 Å². The van der Waals surface area contributed by atoms with Crippen LogP contribution >= 0.6 is 11.3 Å². The van der Waals surface area contributed by atoms with Gasteiger partial charge in [0.15, 0.2) is 0 Å². The van der Waals surface area contributed by atoms with Crippen LogP contribution in [0.25, 0.3) is 0 Å². The number of esters is 1. The number of hydrogen-bond acceptors (Lipinski definition) is 6. The van der Waals surface area contributed by atoms with Crippen molar-refractivity contribution in [3.05, 3.63) is 40.0 Å². The van der Waals surface area contributed by atoms with Crippen LogP contribution in [0.5, 0.6) is 0 Å². The number of aryl methyl sites for hydroxylation is 1. The van der Waals surface area contributed by atoms with Crippen molar-refractivity contribution in [1.82, 2.24) is 9.97 Å². The first-order chi connectivity index (χ1) is 9.70. The summed E-state index contributed by atoms with van der Waals surface area (Å²) in [6.07, 6.45) is 2.45. The van der Waals surface area contributed by atoms with Gasteiger partial charge in [-0.15, -0.1) is 11.3 Å². The standard InChI is InChI=1S/C14H17N3O2S/c1-3-19-14(18)11-5-4-7-15-13(11)16-8-6-12-17-10(2)9-20-12/h4-5,7,9H,3,6,8H2,1-2H3,(H,15,16). The Hall–Kier alpha value is -1.95. The molecule has 106 valence electrons. The number of ether oxygens (including phenoxy) is 1. The van der Waals surface area contributed by atoms with Gasteiger partial charge in [0.2, 0.25) is 0 Å². The molecule has 5 nitrogen and oxygen atoms in total. The number of thiazole rings is 1. The molecule has 0 saturated heterocycles. The predicted octanol–water partition coefficient (Wildman–Crippen LogP) is 2.68. The summed E-state index contributed by atoms with van der Waals surface area (Å²) in [6.45, 7) is 4.79. The van der Waals surface area contributed by atoms with Crippen LogP contribution in [-0.4, -0.2) is 29.1 Å². The molecule has 6 heteroatoms. The lowest BCUT2D eigenvalue weighted by atomic mass is 10.2. The van der Waals surface area contributed by atoms with Gasteiger partial charge in [-0.05, 0) is 26.0 Å². The maximum absolute atomic E-state index is 11.8. The molecule has 2 rings (SSSR count). The Morgan fingerprint density at radius 1 is 1.50 bits per heavy atom. The van der Waals surface area contributed by atoms with Crippen LogP contribution in [0, 0.1) is 6.92 Å². The highest BCUT2D eigenvalue weighted by Crippen LogP contribution is 2.14. The largest absolute Gasteiger partial charge is 0.462 e. The van der Waals surface area contributed by atoms with E-state index in [2.05, 4.69) is 15.3 Å². The van der Waals surface area contributed by atoms with E-state index in [1.807, 2.05) is 12.3 Å². The number of carbonyl (C=O) groups is 1. The Kier molecular flexibility index (Phi) is 5.06. The summed E-state index contributed by atoms with van der Waals surface area (Å²) in [6, 6.07) is 3.43. The summed E-state index contributed by atoms with van der Waals surface area (Å²) in [5.74, 6) is 0.201. The number of pyridine rings is 1. The van der Waals surface area contributed by atoms with Crippen LogP contribution in [0.4, 0.5) is 5.82 Å². The second kappa shape index (κ2) is 7.00. The number of hydrogen-bond donors (Lipinski definition) is 1. The minimum Gasteiger partial charge on any atom is -0.462 e. The van der Waals surface area contributed by atoms with Crippen LogP contribution in [0.15, 0.2) is 23.7 Å². The number of aromatic nitrogens is 2. The topological polar surface area (TPSA) is 64.1 Å². The summed E-state index contributed by atoms with van der Waals surface area (Å²) >= 11 is 1.64. The van der Waals surface area contributed by atoms with Gasteiger partial charge in [0, 0.05) is 30.2 Å². The highest BCUT2D eigenvalue weighted by molar-refractivity contribution is 7.09. The Bertz CT molecular complexity index is 583. The molecule has 0 aliphatic rings. The molecule has 0 unspecified atom stereocenters. The number of rotatable bonds is 6. The highest BCUT2D eigenvalue weighted by Gasteiger charge is 2.12. The lowest BCUT2D eigenvalue weighted by Gasteiger charge is -2.09. The fraction of sp³-hybridized carbons (Fsp3) is 0.357. The zero-order chi connectivity index (χ0) is 14.4. The predicted molar refractivity (Wildman–Crippen MR) is 79.2 cm³/mol. The first-order valence-electron chi connectivity index (χ1n) is 6.47. The van der Waals surface area contributed by atoms with Gasteiger partial charge >= 0.3 is 5.97 Å². The molecular weight excluding hydrogens is 274 g/mol. The van der Waals surface area contributed by atoms with Crippen LogP contribution < -0.4 is 5.32 Å². The molecule has 0 bridgehead atoms. The Labute approximate surface area is 122 Å². The lowest BCUT2D eigenvalue weighted by molar-refractivity contribution is 0.0527. The molecule has 2 aromatic rings. The fourth-order valence-corrected chi connectivity index (χ4v) is 2.50. The summed E-state index contributed by atoms with van der Waals surface area (Å²) in [4.78, 5) is 20.4. The SMILES string of the molecule is CCOC(=O)c1cccnc1NCCc1nc(C)cs1. The van der Waals surface area contributed by atoms with Gasteiger partial charge < -0.3 is 10.1 Å². The molecule has 20 heavy (non-hydrogen) atoms. The van der Waals surface area contributed by atoms with Gasteiger partial charge in [0.1, 0.15) is 11.4 Å². The third-order valence-corrected chi connectivity index (χ3v) is 3.63. The fourth-order valence-electron chi connectivity index (χ4n) is 1.73. The Morgan fingerprint density at radius 3 is 3.05 bits per heavy atom. The summed E-state index contributed by atoms with van der Waals surface area (Å²) in [5.41, 5.74) is 1.50. The van der Waals surface area contributed by atoms with Crippen molar-refractivity contribution >= 4 is 23.1 Å². The van der Waals surface area contributed by atoms with Crippen molar-refractivity contribution < 1.29 is 9.53 Å². The molecule has 1 N–H and O–H groups in total. The van der Waals surface area contributed by atoms with Gasteiger partial charge in [-0.3, -0.25) is 0 Å². The maximum atomic E-state index is 11.8. The quantitative estimate of drug-likeness (QED) is 0.829. The number of carbonyl (C=O) groups excluding carboxylic acids is 1. The van der Waals surface area contributed by atoms with Crippen molar-refractivity contribution in [3.63, 3.8) is 0 Å². The zero-order valence-electron chi connectivity index (χ0n) is 11.5. The molecule has 0 saturated carbocycles. The monoisotopic (exact) mass is 291 g/mol. The van der Waals surface area contributed by atoms with Gasteiger partial charge in [-0.25, -0.2) is 14.8 Å². The van der Waals surface area contributed by atoms with Gasteiger partial charge in [-0.1, -0.05) is 0 Å². The van der Waals surface area contributed by atoms with Gasteiger partial charge in [-0.2, -0.15) is 0 Å². The molecule has 0 aliphatic carbocycles. The van der Waals surface area contributed by atoms with E-state index >= 15 is 0 Å². The average Bonchev–Trinajstić information content (AvgIpc) is 2.85. The van der Waals surface area contributed by atoms with E-state index in [1.54, 1.807) is 36.6 Å². The summed E-state index contributed by atoms with van der Waals surface area (Å²) < 4.78 is 5.01. The molecule has 0 amide bonds. The van der Waals surface area contributed by atoms with Crippen molar-refractivity contribution in [2.45, 2.75) is 20.3 Å². The number of nitrogens with one attached hydrogen (secondary N) is 1. The van der Waals surface area contributed by atoms with E-state index in [0.29, 0.717) is 24.5 Å². The van der Waals surface area contributed by atoms with Crippen LogP contribution in [0.2, 0.25) is 0 Å². The first kappa shape index (κ1) is 14.5. The van der Waals surface area contributed by atoms with Gasteiger partial charge in [0.25, 0.3) is 0 Å². The van der Waals surface area contributed by atoms with Crippen molar-refractivity contribution in [2.24, 2.45) is 0 Å². The molecule has 0 aliphatic heterocycles. The summed E-state index contributed by atoms with van der Waals surface area (Å²) in [7, 11) is 0. The minimum atomic E-state index is -0.354. The summed E-state index contributed by atoms with van der Waals surface area (Å²) in [5, 5.41) is 6.27. The minimum absolute atomic E-state index is 0.353. The molecule has 0 fully saturated rings. The molecule has 0 atom stereocenters. The van der Waals surface area contributed by atoms with Crippen molar-refractivity contribution in [1.29, 1.82) is 0 Å². The molecule has 0 aromatic carbocycles. The van der Waals surface area contributed by atoms with E-state index in [4.69, 9.17) is 4.74 Å². The Morgan fingerprint density at radius 2 is 2.35 bits per heavy atom. The van der Waals surface area contributed by atoms with E-state index in [9.17, 15) is 4.79 Å². The molecule has 0 spiro atoms. The average molecular weight is 291 g/mol. The zero-order valence-corrected chi connectivity index (χ0v) is 12.4. The van der Waals surface area contributed by atoms with E-state index in [1.165, 1.54) is 0 Å². The lowest BCUT2D eigenvalue weighted by Crippen LogP contribution is -2.13. The first-order valence-corrected chi connectivity index (χ1v) is 7.35. The smallest absolute Gasteiger partial charge is 0.341 e. The van der Waals surface area contributed by atoms with E-state index in [-0.39, 0.29) is 5.97 Å². The second-order valence-electron chi connectivity index (χ2n) is 4.18. The van der Waals surface area contributed by atoms with Crippen LogP contribution in [0.1, 0.15) is 28.0 Å². The molecule has 0 radical (unpaired) electrons. The molecular formula is C14H17N3O2S. The maximum Gasteiger partial charge on any atom is 0.341 e. The Balaban J connectivity index is 1.97. The van der Waals surface area contributed by atoms with Crippen LogP contribution in [0.3, 0.4) is 0 Å². The van der Waals surface area contributed by atoms with Crippen LogP contribution in [-0.2, 0) is 11.2 Å².